The predicted molar refractivity (Wildman–Crippen MR) is 88.4 cm³/mol. The molecule has 0 aliphatic carbocycles. The first-order valence-electron chi connectivity index (χ1n) is 6.40. The van der Waals surface area contributed by atoms with Crippen molar-refractivity contribution in [1.29, 1.82) is 0 Å². The highest BCUT2D eigenvalue weighted by Crippen LogP contribution is 2.23. The molecule has 6 radical (unpaired) electrons. The van der Waals surface area contributed by atoms with E-state index in [9.17, 15) is 0 Å². The van der Waals surface area contributed by atoms with E-state index in [4.69, 9.17) is 23.3 Å². The van der Waals surface area contributed by atoms with E-state index >= 15 is 0 Å². The first-order valence-corrected chi connectivity index (χ1v) is 6.40. The standard InChI is InChI=1S/C15H14B4/c1-9-10(2)15(19(17)18)13(11(3)14(9)16)12-7-5-4-6-8-12/h4-8H,1-3H3. The van der Waals surface area contributed by atoms with Gasteiger partial charge in [0.2, 0.25) is 0 Å². The maximum atomic E-state index is 6.21. The van der Waals surface area contributed by atoms with Gasteiger partial charge >= 0.3 is 0 Å². The van der Waals surface area contributed by atoms with Gasteiger partial charge in [-0.25, -0.2) is 0 Å². The van der Waals surface area contributed by atoms with Gasteiger partial charge in [-0.3, -0.25) is 0 Å². The van der Waals surface area contributed by atoms with E-state index in [1.165, 1.54) is 0 Å². The lowest BCUT2D eigenvalue weighted by Crippen LogP contribution is -2.39. The van der Waals surface area contributed by atoms with Gasteiger partial charge in [0.25, 0.3) is 0 Å². The lowest BCUT2D eigenvalue weighted by molar-refractivity contribution is 1.36. The summed E-state index contributed by atoms with van der Waals surface area (Å²) in [6.45, 7) is 5.56. The van der Waals surface area contributed by atoms with Crippen LogP contribution in [0.3, 0.4) is 0 Å². The first kappa shape index (κ1) is 14.1. The molecule has 0 heterocycles. The SMILES string of the molecule is [B]B([B])c1c(C)c(C)c([B])c(C)c1-c1ccccc1. The van der Waals surface area contributed by atoms with Crippen LogP contribution >= 0.6 is 0 Å². The quantitative estimate of drug-likeness (QED) is 0.687. The molecule has 2 aromatic rings. The van der Waals surface area contributed by atoms with Crippen LogP contribution < -0.4 is 10.9 Å². The fourth-order valence-corrected chi connectivity index (χ4v) is 2.60. The summed E-state index contributed by atoms with van der Waals surface area (Å²) in [4.78, 5) is 0. The van der Waals surface area contributed by atoms with Crippen LogP contribution in [0.2, 0.25) is 0 Å². The average molecular weight is 238 g/mol. The third-order valence-corrected chi connectivity index (χ3v) is 3.81. The van der Waals surface area contributed by atoms with E-state index in [0.29, 0.717) is 0 Å². The van der Waals surface area contributed by atoms with Gasteiger partial charge in [0.15, 0.2) is 0 Å². The van der Waals surface area contributed by atoms with Crippen molar-refractivity contribution < 1.29 is 0 Å². The summed E-state index contributed by atoms with van der Waals surface area (Å²) in [6.07, 6.45) is 0. The van der Waals surface area contributed by atoms with Crippen molar-refractivity contribution in [2.45, 2.75) is 20.8 Å². The van der Waals surface area contributed by atoms with Gasteiger partial charge in [-0.2, -0.15) is 0 Å². The average Bonchev–Trinajstić information content (AvgIpc) is 2.40. The molecule has 0 aliphatic heterocycles. The first-order chi connectivity index (χ1) is 8.95. The maximum Gasteiger partial charge on any atom is 0.114 e. The predicted octanol–water partition coefficient (Wildman–Crippen LogP) is 1.10. The maximum absolute atomic E-state index is 6.21. The Hall–Kier alpha value is -1.30. The van der Waals surface area contributed by atoms with Crippen LogP contribution in [0.5, 0.6) is 0 Å². The van der Waals surface area contributed by atoms with E-state index in [0.717, 1.165) is 38.7 Å². The van der Waals surface area contributed by atoms with E-state index in [2.05, 4.69) is 12.1 Å². The molecule has 0 aromatic heterocycles. The van der Waals surface area contributed by atoms with Gasteiger partial charge in [0.05, 0.1) is 6.49 Å². The van der Waals surface area contributed by atoms with E-state index in [1.807, 2.05) is 39.0 Å². The molecule has 0 amide bonds. The Bertz CT molecular complexity index is 604. The Kier molecular flexibility index (Phi) is 3.99. The summed E-state index contributed by atoms with van der Waals surface area (Å²) in [6, 6.07) is 10.1. The molecule has 86 valence electrons. The van der Waals surface area contributed by atoms with E-state index in [1.54, 1.807) is 0 Å². The Balaban J connectivity index is 2.86. The Morgan fingerprint density at radius 2 is 1.42 bits per heavy atom. The van der Waals surface area contributed by atoms with Crippen LogP contribution in [0.25, 0.3) is 11.1 Å². The molecular formula is C15H14B4. The Morgan fingerprint density at radius 3 is 1.95 bits per heavy atom. The van der Waals surface area contributed by atoms with Crippen molar-refractivity contribution >= 4 is 40.7 Å². The molecule has 0 spiro atoms. The zero-order valence-corrected chi connectivity index (χ0v) is 11.7. The number of rotatable bonds is 2. The highest BCUT2D eigenvalue weighted by atomic mass is 14.1. The molecule has 2 aromatic carbocycles. The molecule has 0 fully saturated rings. The molecule has 0 nitrogen and oxygen atoms in total. The second-order valence-corrected chi connectivity index (χ2v) is 4.97. The highest BCUT2D eigenvalue weighted by Gasteiger charge is 2.18. The molecular weight excluding hydrogens is 223 g/mol. The Labute approximate surface area is 120 Å². The van der Waals surface area contributed by atoms with Crippen molar-refractivity contribution in [3.63, 3.8) is 0 Å². The number of hydrogen-bond acceptors (Lipinski definition) is 0. The monoisotopic (exact) mass is 238 g/mol. The third kappa shape index (κ3) is 2.41. The Morgan fingerprint density at radius 1 is 0.842 bits per heavy atom. The van der Waals surface area contributed by atoms with Crippen LogP contribution in [0, 0.1) is 20.8 Å². The normalized spacial score (nSPS) is 10.5. The minimum atomic E-state index is -0.506. The molecule has 4 heteroatoms. The molecule has 0 saturated carbocycles. The van der Waals surface area contributed by atoms with Crippen LogP contribution in [-0.4, -0.2) is 29.8 Å². The van der Waals surface area contributed by atoms with Gasteiger partial charge in [0, 0.05) is 15.5 Å². The molecule has 0 aliphatic rings. The van der Waals surface area contributed by atoms with E-state index < -0.39 is 6.49 Å². The van der Waals surface area contributed by atoms with Gasteiger partial charge in [-0.15, -0.1) is 0 Å². The van der Waals surface area contributed by atoms with Crippen molar-refractivity contribution in [3.8, 4) is 11.1 Å². The fraction of sp³-hybridized carbons (Fsp3) is 0.200. The van der Waals surface area contributed by atoms with Crippen molar-refractivity contribution in [2.24, 2.45) is 0 Å². The molecule has 0 saturated heterocycles. The van der Waals surface area contributed by atoms with Crippen LogP contribution in [0.1, 0.15) is 16.7 Å². The summed E-state index contributed by atoms with van der Waals surface area (Å²) in [7, 11) is 18.2. The summed E-state index contributed by atoms with van der Waals surface area (Å²) in [5.41, 5.74) is 7.16. The van der Waals surface area contributed by atoms with Gasteiger partial charge in [-0.1, -0.05) is 57.9 Å². The topological polar surface area (TPSA) is 0 Å². The van der Waals surface area contributed by atoms with Crippen molar-refractivity contribution in [1.82, 2.24) is 0 Å². The number of hydrogen-bond donors (Lipinski definition) is 0. The molecule has 19 heavy (non-hydrogen) atoms. The van der Waals surface area contributed by atoms with Crippen molar-refractivity contribution in [2.75, 3.05) is 0 Å². The molecule has 0 unspecified atom stereocenters. The summed E-state index contributed by atoms with van der Waals surface area (Å²) >= 11 is 0. The summed E-state index contributed by atoms with van der Waals surface area (Å²) in [5, 5.41) is 0. The molecule has 0 N–H and O–H groups in total. The van der Waals surface area contributed by atoms with Crippen LogP contribution in [0.15, 0.2) is 30.3 Å². The smallest absolute Gasteiger partial charge is 0.0901 e. The fourth-order valence-electron chi connectivity index (χ4n) is 2.60. The van der Waals surface area contributed by atoms with Crippen molar-refractivity contribution in [3.05, 3.63) is 47.0 Å². The zero-order chi connectivity index (χ0) is 14.2. The van der Waals surface area contributed by atoms with Gasteiger partial charge < -0.3 is 0 Å². The largest absolute Gasteiger partial charge is 0.114 e. The number of benzene rings is 2. The molecule has 2 rings (SSSR count). The highest BCUT2D eigenvalue weighted by molar-refractivity contribution is 7.35. The second-order valence-electron chi connectivity index (χ2n) is 4.97. The summed E-state index contributed by atoms with van der Waals surface area (Å²) < 4.78 is 0. The zero-order valence-electron chi connectivity index (χ0n) is 11.7. The lowest BCUT2D eigenvalue weighted by Gasteiger charge is -2.24. The lowest BCUT2D eigenvalue weighted by atomic mass is 9.16. The van der Waals surface area contributed by atoms with Gasteiger partial charge in [-0.05, 0) is 31.9 Å². The molecule has 0 bridgehead atoms. The van der Waals surface area contributed by atoms with E-state index in [-0.39, 0.29) is 0 Å². The second kappa shape index (κ2) is 5.36. The minimum absolute atomic E-state index is 0.506. The van der Waals surface area contributed by atoms with Crippen LogP contribution in [-0.2, 0) is 0 Å². The minimum Gasteiger partial charge on any atom is -0.0901 e. The summed E-state index contributed by atoms with van der Waals surface area (Å²) in [5.74, 6) is 0. The third-order valence-electron chi connectivity index (χ3n) is 3.81. The van der Waals surface area contributed by atoms with Crippen LogP contribution in [0.4, 0.5) is 0 Å². The van der Waals surface area contributed by atoms with Gasteiger partial charge in [0.1, 0.15) is 7.85 Å². The molecule has 0 atom stereocenters.